The predicted molar refractivity (Wildman–Crippen MR) is 35.3 cm³/mol. The molecule has 1 aromatic heterocycles. The molecule has 0 bridgehead atoms. The van der Waals surface area contributed by atoms with Gasteiger partial charge in [-0.1, -0.05) is 0 Å². The number of rotatable bonds is 2. The molecule has 0 aliphatic carbocycles. The van der Waals surface area contributed by atoms with Gasteiger partial charge in [0, 0.05) is 0 Å². The summed E-state index contributed by atoms with van der Waals surface area (Å²) in [4.78, 5) is 10.7. The van der Waals surface area contributed by atoms with Crippen molar-refractivity contribution >= 4 is 5.78 Å². The second-order valence-corrected chi connectivity index (χ2v) is 1.91. The summed E-state index contributed by atoms with van der Waals surface area (Å²) >= 11 is 0. The number of ether oxygens (including phenoxy) is 1. The Hall–Kier alpha value is -1.25. The van der Waals surface area contributed by atoms with E-state index in [0.29, 0.717) is 11.3 Å². The molecule has 3 heteroatoms. The van der Waals surface area contributed by atoms with Crippen molar-refractivity contribution in [1.82, 2.24) is 0 Å². The molecule has 0 N–H and O–H groups in total. The molecule has 0 atom stereocenters. The Morgan fingerprint density at radius 1 is 1.60 bits per heavy atom. The Morgan fingerprint density at radius 3 is 2.70 bits per heavy atom. The first kappa shape index (κ1) is 6.86. The number of furan rings is 1. The van der Waals surface area contributed by atoms with Crippen LogP contribution in [0.3, 0.4) is 0 Å². The second kappa shape index (κ2) is 2.56. The molecule has 0 aliphatic heterocycles. The van der Waals surface area contributed by atoms with Gasteiger partial charge in [0.15, 0.2) is 11.5 Å². The Morgan fingerprint density at radius 2 is 2.30 bits per heavy atom. The van der Waals surface area contributed by atoms with E-state index in [2.05, 4.69) is 0 Å². The molecule has 1 rings (SSSR count). The molecular weight excluding hydrogens is 132 g/mol. The highest BCUT2D eigenvalue weighted by Gasteiger charge is 2.08. The zero-order valence-electron chi connectivity index (χ0n) is 5.88. The van der Waals surface area contributed by atoms with Gasteiger partial charge < -0.3 is 9.15 Å². The van der Waals surface area contributed by atoms with Crippen molar-refractivity contribution < 1.29 is 13.9 Å². The summed E-state index contributed by atoms with van der Waals surface area (Å²) in [5.41, 5.74) is 0.488. The van der Waals surface area contributed by atoms with Gasteiger partial charge in [0.2, 0.25) is 0 Å². The molecule has 0 unspecified atom stereocenters. The monoisotopic (exact) mass is 140 g/mol. The molecule has 0 aromatic carbocycles. The van der Waals surface area contributed by atoms with E-state index in [1.165, 1.54) is 26.6 Å². The molecule has 0 saturated carbocycles. The molecular formula is C7H8O3. The van der Waals surface area contributed by atoms with Crippen LogP contribution in [0.1, 0.15) is 17.3 Å². The largest absolute Gasteiger partial charge is 0.493 e. The highest BCUT2D eigenvalue weighted by atomic mass is 16.5. The molecule has 54 valence electrons. The van der Waals surface area contributed by atoms with Crippen molar-refractivity contribution in [3.63, 3.8) is 0 Å². The summed E-state index contributed by atoms with van der Waals surface area (Å²) in [6.07, 6.45) is 2.78. The maximum Gasteiger partial charge on any atom is 0.167 e. The van der Waals surface area contributed by atoms with E-state index in [0.717, 1.165) is 0 Å². The zero-order chi connectivity index (χ0) is 7.56. The molecule has 3 nitrogen and oxygen atoms in total. The first-order valence-electron chi connectivity index (χ1n) is 2.87. The molecule has 1 heterocycles. The third-order valence-electron chi connectivity index (χ3n) is 1.23. The number of hydrogen-bond acceptors (Lipinski definition) is 3. The highest BCUT2D eigenvalue weighted by Crippen LogP contribution is 2.18. The summed E-state index contributed by atoms with van der Waals surface area (Å²) in [6.45, 7) is 1.47. The lowest BCUT2D eigenvalue weighted by Gasteiger charge is -1.93. The maximum atomic E-state index is 10.7. The zero-order valence-corrected chi connectivity index (χ0v) is 5.88. The summed E-state index contributed by atoms with van der Waals surface area (Å²) in [5, 5.41) is 0. The third-order valence-corrected chi connectivity index (χ3v) is 1.23. The lowest BCUT2D eigenvalue weighted by molar-refractivity contribution is 0.101. The highest BCUT2D eigenvalue weighted by molar-refractivity contribution is 5.96. The number of carbonyl (C=O) groups excluding carboxylic acids is 1. The summed E-state index contributed by atoms with van der Waals surface area (Å²) in [5.74, 6) is 0.443. The van der Waals surface area contributed by atoms with Crippen LogP contribution >= 0.6 is 0 Å². The molecule has 0 aliphatic rings. The first-order valence-corrected chi connectivity index (χ1v) is 2.87. The van der Waals surface area contributed by atoms with Crippen molar-refractivity contribution in [2.75, 3.05) is 7.11 Å². The van der Waals surface area contributed by atoms with Gasteiger partial charge in [-0.15, -0.1) is 0 Å². The number of hydrogen-bond donors (Lipinski definition) is 0. The van der Waals surface area contributed by atoms with Gasteiger partial charge in [-0.2, -0.15) is 0 Å². The summed E-state index contributed by atoms with van der Waals surface area (Å²) in [6, 6.07) is 0. The van der Waals surface area contributed by atoms with Crippen LogP contribution in [0.25, 0.3) is 0 Å². The Balaban J connectivity index is 3.01. The van der Waals surface area contributed by atoms with Gasteiger partial charge in [0.05, 0.1) is 12.7 Å². The quantitative estimate of drug-likeness (QED) is 0.584. The number of methoxy groups -OCH3 is 1. The standard InChI is InChI=1S/C7H8O3/c1-5(8)6-3-10-4-7(6)9-2/h3-4H,1-2H3. The minimum atomic E-state index is -0.0504. The van der Waals surface area contributed by atoms with Crippen molar-refractivity contribution in [3.8, 4) is 5.75 Å². The summed E-state index contributed by atoms with van der Waals surface area (Å²) < 4.78 is 9.58. The lowest BCUT2D eigenvalue weighted by atomic mass is 10.2. The number of carbonyl (C=O) groups is 1. The number of ketones is 1. The average Bonchev–Trinajstić information content (AvgIpc) is 2.33. The van der Waals surface area contributed by atoms with Crippen LogP contribution in [0.5, 0.6) is 5.75 Å². The van der Waals surface area contributed by atoms with E-state index in [9.17, 15) is 4.79 Å². The smallest absolute Gasteiger partial charge is 0.167 e. The van der Waals surface area contributed by atoms with Crippen LogP contribution in [0.2, 0.25) is 0 Å². The van der Waals surface area contributed by atoms with Gasteiger partial charge in [0.1, 0.15) is 12.5 Å². The van der Waals surface area contributed by atoms with E-state index >= 15 is 0 Å². The predicted octanol–water partition coefficient (Wildman–Crippen LogP) is 1.49. The van der Waals surface area contributed by atoms with E-state index < -0.39 is 0 Å². The molecule has 0 fully saturated rings. The molecule has 0 amide bonds. The normalized spacial score (nSPS) is 9.40. The fourth-order valence-corrected chi connectivity index (χ4v) is 0.700. The van der Waals surface area contributed by atoms with E-state index in [4.69, 9.17) is 9.15 Å². The van der Waals surface area contributed by atoms with Crippen molar-refractivity contribution in [2.45, 2.75) is 6.92 Å². The van der Waals surface area contributed by atoms with Gasteiger partial charge in [0.25, 0.3) is 0 Å². The lowest BCUT2D eigenvalue weighted by Crippen LogP contribution is -1.92. The Kier molecular flexibility index (Phi) is 1.76. The molecule has 0 spiro atoms. The molecule has 10 heavy (non-hydrogen) atoms. The van der Waals surface area contributed by atoms with Crippen LogP contribution in [-0.4, -0.2) is 12.9 Å². The maximum absolute atomic E-state index is 10.7. The molecule has 0 radical (unpaired) electrons. The third kappa shape index (κ3) is 1.03. The van der Waals surface area contributed by atoms with E-state index in [-0.39, 0.29) is 5.78 Å². The van der Waals surface area contributed by atoms with Crippen LogP contribution in [0.15, 0.2) is 16.9 Å². The first-order chi connectivity index (χ1) is 4.75. The summed E-state index contributed by atoms with van der Waals surface area (Å²) in [7, 11) is 1.50. The minimum Gasteiger partial charge on any atom is -0.493 e. The van der Waals surface area contributed by atoms with E-state index in [1.54, 1.807) is 0 Å². The van der Waals surface area contributed by atoms with Gasteiger partial charge >= 0.3 is 0 Å². The fourth-order valence-electron chi connectivity index (χ4n) is 0.700. The van der Waals surface area contributed by atoms with Crippen LogP contribution < -0.4 is 4.74 Å². The van der Waals surface area contributed by atoms with Gasteiger partial charge in [-0.3, -0.25) is 4.79 Å². The Bertz CT molecular complexity index is 237. The van der Waals surface area contributed by atoms with Crippen LogP contribution in [0, 0.1) is 0 Å². The van der Waals surface area contributed by atoms with Crippen LogP contribution in [-0.2, 0) is 0 Å². The van der Waals surface area contributed by atoms with Gasteiger partial charge in [-0.05, 0) is 6.92 Å². The van der Waals surface area contributed by atoms with Crippen LogP contribution in [0.4, 0.5) is 0 Å². The van der Waals surface area contributed by atoms with Crippen molar-refractivity contribution in [1.29, 1.82) is 0 Å². The number of Topliss-reactive ketones (excluding diaryl/α,β-unsaturated/α-hetero) is 1. The van der Waals surface area contributed by atoms with Crippen molar-refractivity contribution in [3.05, 3.63) is 18.1 Å². The Labute approximate surface area is 58.6 Å². The fraction of sp³-hybridized carbons (Fsp3) is 0.286. The van der Waals surface area contributed by atoms with Crippen molar-refractivity contribution in [2.24, 2.45) is 0 Å². The topological polar surface area (TPSA) is 39.4 Å². The SMILES string of the molecule is COc1cocc1C(C)=O. The molecule has 0 saturated heterocycles. The van der Waals surface area contributed by atoms with E-state index in [1.807, 2.05) is 0 Å². The second-order valence-electron chi connectivity index (χ2n) is 1.91. The minimum absolute atomic E-state index is 0.0504. The molecule has 1 aromatic rings. The average molecular weight is 140 g/mol. The van der Waals surface area contributed by atoms with Gasteiger partial charge in [-0.25, -0.2) is 0 Å².